The smallest absolute Gasteiger partial charge is 0.326 e. The molecule has 0 saturated heterocycles. The summed E-state index contributed by atoms with van der Waals surface area (Å²) in [5.41, 5.74) is 0. The topological polar surface area (TPSA) is 92.7 Å². The fraction of sp³-hybridized carbons (Fsp3) is 0.912. The Morgan fingerprint density at radius 3 is 1.27 bits per heavy atom. The maximum atomic E-state index is 12.2. The molecule has 1 amide bonds. The van der Waals surface area contributed by atoms with E-state index >= 15 is 0 Å². The van der Waals surface area contributed by atoms with Crippen LogP contribution in [0.15, 0.2) is 0 Å². The SMILES string of the molecule is CCCCCCCCCCCCCCCCOC(=O)C[C@H](NC(=O)CCCCCCCCCCCCC)C(=O)O. The van der Waals surface area contributed by atoms with Crippen LogP contribution in [0.4, 0.5) is 0 Å². The molecule has 0 saturated carbocycles. The molecule has 0 fully saturated rings. The van der Waals surface area contributed by atoms with Crippen LogP contribution < -0.4 is 5.32 Å². The Morgan fingerprint density at radius 2 is 0.900 bits per heavy atom. The van der Waals surface area contributed by atoms with Crippen LogP contribution in [0.5, 0.6) is 0 Å². The van der Waals surface area contributed by atoms with Crippen LogP contribution in [0.3, 0.4) is 0 Å². The number of carboxylic acid groups (broad SMARTS) is 1. The summed E-state index contributed by atoms with van der Waals surface area (Å²) in [5, 5.41) is 11.9. The molecule has 0 heterocycles. The van der Waals surface area contributed by atoms with Crippen molar-refractivity contribution in [2.24, 2.45) is 0 Å². The summed E-state index contributed by atoms with van der Waals surface area (Å²) in [6.07, 6.45) is 30.9. The lowest BCUT2D eigenvalue weighted by Gasteiger charge is -2.14. The van der Waals surface area contributed by atoms with E-state index in [4.69, 9.17) is 4.74 Å². The van der Waals surface area contributed by atoms with Gasteiger partial charge in [0.15, 0.2) is 0 Å². The zero-order valence-electron chi connectivity index (χ0n) is 26.5. The van der Waals surface area contributed by atoms with Gasteiger partial charge in [0.25, 0.3) is 0 Å². The average molecular weight is 568 g/mol. The van der Waals surface area contributed by atoms with E-state index in [0.29, 0.717) is 13.0 Å². The van der Waals surface area contributed by atoms with E-state index < -0.39 is 18.0 Å². The Labute approximate surface area is 247 Å². The molecule has 1 atom stereocenters. The summed E-state index contributed by atoms with van der Waals surface area (Å²) in [5.74, 6) is -2.05. The van der Waals surface area contributed by atoms with Gasteiger partial charge in [-0.2, -0.15) is 0 Å². The highest BCUT2D eigenvalue weighted by Gasteiger charge is 2.23. The molecule has 0 aromatic heterocycles. The normalized spacial score (nSPS) is 11.8. The van der Waals surface area contributed by atoms with Crippen LogP contribution in [-0.4, -0.2) is 35.6 Å². The van der Waals surface area contributed by atoms with E-state index in [0.717, 1.165) is 38.5 Å². The van der Waals surface area contributed by atoms with Gasteiger partial charge < -0.3 is 15.2 Å². The minimum Gasteiger partial charge on any atom is -0.480 e. The Balaban J connectivity index is 3.67. The number of hydrogen-bond donors (Lipinski definition) is 2. The first-order chi connectivity index (χ1) is 19.5. The predicted molar refractivity (Wildman–Crippen MR) is 167 cm³/mol. The van der Waals surface area contributed by atoms with Crippen molar-refractivity contribution in [2.75, 3.05) is 6.61 Å². The minimum atomic E-state index is -1.22. The average Bonchev–Trinajstić information content (AvgIpc) is 2.93. The van der Waals surface area contributed by atoms with Crippen LogP contribution in [0.25, 0.3) is 0 Å². The Bertz CT molecular complexity index is 595. The number of nitrogens with one attached hydrogen (secondary N) is 1. The molecule has 6 nitrogen and oxygen atoms in total. The number of ether oxygens (including phenoxy) is 1. The van der Waals surface area contributed by atoms with Crippen molar-refractivity contribution in [2.45, 2.75) is 193 Å². The molecule has 6 heteroatoms. The second-order valence-electron chi connectivity index (χ2n) is 11.8. The van der Waals surface area contributed by atoms with E-state index in [1.807, 2.05) is 0 Å². The van der Waals surface area contributed by atoms with Gasteiger partial charge in [-0.1, -0.05) is 162 Å². The number of amides is 1. The Morgan fingerprint density at radius 1 is 0.550 bits per heavy atom. The molecule has 2 N–H and O–H groups in total. The molecule has 0 unspecified atom stereocenters. The Kier molecular flexibility index (Phi) is 29.2. The van der Waals surface area contributed by atoms with Crippen LogP contribution in [-0.2, 0) is 19.1 Å². The molecule has 0 aromatic carbocycles. The lowest BCUT2D eigenvalue weighted by atomic mass is 10.0. The molecule has 0 aromatic rings. The van der Waals surface area contributed by atoms with Gasteiger partial charge in [0.2, 0.25) is 5.91 Å². The largest absolute Gasteiger partial charge is 0.480 e. The number of carboxylic acids is 1. The van der Waals surface area contributed by atoms with Crippen LogP contribution in [0.1, 0.15) is 187 Å². The molecular formula is C34H65NO5. The summed E-state index contributed by atoms with van der Waals surface area (Å²) in [7, 11) is 0. The van der Waals surface area contributed by atoms with Gasteiger partial charge in [0.05, 0.1) is 13.0 Å². The second-order valence-corrected chi connectivity index (χ2v) is 11.8. The fourth-order valence-corrected chi connectivity index (χ4v) is 5.12. The molecule has 40 heavy (non-hydrogen) atoms. The predicted octanol–water partition coefficient (Wildman–Crippen LogP) is 9.67. The van der Waals surface area contributed by atoms with Crippen LogP contribution >= 0.6 is 0 Å². The molecule has 0 aliphatic heterocycles. The van der Waals surface area contributed by atoms with Gasteiger partial charge in [-0.05, 0) is 12.8 Å². The lowest BCUT2D eigenvalue weighted by molar-refractivity contribution is -0.150. The van der Waals surface area contributed by atoms with E-state index in [2.05, 4.69) is 19.2 Å². The summed E-state index contributed by atoms with van der Waals surface area (Å²) in [6, 6.07) is -1.22. The second kappa shape index (κ2) is 30.4. The maximum absolute atomic E-state index is 12.2. The monoisotopic (exact) mass is 567 g/mol. The summed E-state index contributed by atoms with van der Waals surface area (Å²) >= 11 is 0. The summed E-state index contributed by atoms with van der Waals surface area (Å²) < 4.78 is 5.23. The first kappa shape index (κ1) is 38.4. The number of carbonyl (C=O) groups is 3. The molecule has 0 rings (SSSR count). The number of hydrogen-bond acceptors (Lipinski definition) is 4. The standard InChI is InChI=1S/C34H65NO5/c1-3-5-7-9-11-13-15-16-17-19-21-23-25-27-29-40-33(37)30-31(34(38)39)35-32(36)28-26-24-22-20-18-14-12-10-8-6-4-2/h31H,3-30H2,1-2H3,(H,35,36)(H,38,39)/t31-/m0/s1. The number of unbranched alkanes of at least 4 members (excludes halogenated alkanes) is 23. The zero-order chi connectivity index (χ0) is 29.5. The molecule has 0 bridgehead atoms. The number of carbonyl (C=O) groups excluding carboxylic acids is 2. The number of rotatable bonds is 31. The van der Waals surface area contributed by atoms with Crippen molar-refractivity contribution >= 4 is 17.8 Å². The van der Waals surface area contributed by atoms with Gasteiger partial charge in [-0.25, -0.2) is 4.79 Å². The Hall–Kier alpha value is -1.59. The highest BCUT2D eigenvalue weighted by molar-refractivity contribution is 5.87. The van der Waals surface area contributed by atoms with E-state index in [-0.39, 0.29) is 12.3 Å². The van der Waals surface area contributed by atoms with Gasteiger partial charge >= 0.3 is 11.9 Å². The van der Waals surface area contributed by atoms with Crippen molar-refractivity contribution in [3.05, 3.63) is 0 Å². The van der Waals surface area contributed by atoms with Gasteiger partial charge in [-0.15, -0.1) is 0 Å². The van der Waals surface area contributed by atoms with Gasteiger partial charge in [-0.3, -0.25) is 9.59 Å². The third kappa shape index (κ3) is 28.0. The first-order valence-electron chi connectivity index (χ1n) is 17.2. The summed E-state index contributed by atoms with van der Waals surface area (Å²) in [4.78, 5) is 35.8. The van der Waals surface area contributed by atoms with Crippen LogP contribution in [0, 0.1) is 0 Å². The number of aliphatic carboxylic acids is 1. The quantitative estimate of drug-likeness (QED) is 0.0642. The zero-order valence-corrected chi connectivity index (χ0v) is 26.5. The minimum absolute atomic E-state index is 0.300. The van der Waals surface area contributed by atoms with E-state index in [9.17, 15) is 19.5 Å². The fourth-order valence-electron chi connectivity index (χ4n) is 5.12. The van der Waals surface area contributed by atoms with Crippen molar-refractivity contribution in [1.29, 1.82) is 0 Å². The lowest BCUT2D eigenvalue weighted by Crippen LogP contribution is -2.42. The molecule has 0 aliphatic carbocycles. The van der Waals surface area contributed by atoms with E-state index in [1.165, 1.54) is 122 Å². The molecular weight excluding hydrogens is 502 g/mol. The molecule has 0 radical (unpaired) electrons. The molecule has 236 valence electrons. The third-order valence-electron chi connectivity index (χ3n) is 7.77. The highest BCUT2D eigenvalue weighted by Crippen LogP contribution is 2.14. The first-order valence-corrected chi connectivity index (χ1v) is 17.2. The van der Waals surface area contributed by atoms with Crippen molar-refractivity contribution in [1.82, 2.24) is 5.32 Å². The van der Waals surface area contributed by atoms with Gasteiger partial charge in [0.1, 0.15) is 6.04 Å². The maximum Gasteiger partial charge on any atom is 0.326 e. The van der Waals surface area contributed by atoms with Crippen molar-refractivity contribution < 1.29 is 24.2 Å². The number of esters is 1. The van der Waals surface area contributed by atoms with Crippen molar-refractivity contribution in [3.63, 3.8) is 0 Å². The van der Waals surface area contributed by atoms with Crippen molar-refractivity contribution in [3.8, 4) is 0 Å². The van der Waals surface area contributed by atoms with E-state index in [1.54, 1.807) is 0 Å². The third-order valence-corrected chi connectivity index (χ3v) is 7.77. The summed E-state index contributed by atoms with van der Waals surface area (Å²) in [6.45, 7) is 4.81. The molecule has 0 aliphatic rings. The molecule has 0 spiro atoms. The van der Waals surface area contributed by atoms with Gasteiger partial charge in [0, 0.05) is 6.42 Å². The highest BCUT2D eigenvalue weighted by atomic mass is 16.5. The van der Waals surface area contributed by atoms with Crippen LogP contribution in [0.2, 0.25) is 0 Å².